The van der Waals surface area contributed by atoms with Gasteiger partial charge in [0, 0.05) is 11.3 Å². The van der Waals surface area contributed by atoms with Gasteiger partial charge < -0.3 is 9.55 Å². The molecule has 1 aliphatic rings. The zero-order chi connectivity index (χ0) is 12.7. The molecule has 1 aromatic heterocycles. The van der Waals surface area contributed by atoms with Gasteiger partial charge in [0.1, 0.15) is 0 Å². The first-order valence-electron chi connectivity index (χ1n) is 6.43. The Morgan fingerprint density at radius 2 is 2.22 bits per heavy atom. The van der Waals surface area contributed by atoms with Crippen LogP contribution >= 0.6 is 24.0 Å². The van der Waals surface area contributed by atoms with Crippen LogP contribution in [0.4, 0.5) is 0 Å². The number of para-hydroxylation sites is 1. The molecule has 2 atom stereocenters. The van der Waals surface area contributed by atoms with Crippen molar-refractivity contribution in [3.05, 3.63) is 28.5 Å². The van der Waals surface area contributed by atoms with Crippen LogP contribution in [0.5, 0.6) is 0 Å². The maximum atomic E-state index is 5.52. The Balaban J connectivity index is 2.10. The summed E-state index contributed by atoms with van der Waals surface area (Å²) in [4.78, 5) is 3.38. The molecule has 2 unspecified atom stereocenters. The van der Waals surface area contributed by atoms with E-state index in [0.29, 0.717) is 6.04 Å². The van der Waals surface area contributed by atoms with Crippen molar-refractivity contribution in [1.82, 2.24) is 9.55 Å². The van der Waals surface area contributed by atoms with Crippen molar-refractivity contribution >= 4 is 35.0 Å². The molecule has 0 bridgehead atoms. The van der Waals surface area contributed by atoms with Gasteiger partial charge in [0.15, 0.2) is 4.77 Å². The molecule has 1 N–H and O–H groups in total. The normalized spacial score (nSPS) is 23.9. The summed E-state index contributed by atoms with van der Waals surface area (Å²) in [5.74, 6) is 0. The second-order valence-corrected chi connectivity index (χ2v) is 6.62. The third-order valence-corrected chi connectivity index (χ3v) is 5.41. The first kappa shape index (κ1) is 12.3. The highest BCUT2D eigenvalue weighted by molar-refractivity contribution is 7.99. The molecule has 0 spiro atoms. The summed E-state index contributed by atoms with van der Waals surface area (Å²) in [6.07, 6.45) is 6.02. The number of benzene rings is 1. The lowest BCUT2D eigenvalue weighted by Gasteiger charge is -2.13. The first-order chi connectivity index (χ1) is 8.70. The van der Waals surface area contributed by atoms with E-state index in [4.69, 9.17) is 12.2 Å². The molecule has 1 aromatic carbocycles. The highest BCUT2D eigenvalue weighted by atomic mass is 32.2. The number of nitrogens with zero attached hydrogens (tertiary/aromatic N) is 1. The largest absolute Gasteiger partial charge is 0.330 e. The minimum atomic E-state index is 0.575. The summed E-state index contributed by atoms with van der Waals surface area (Å²) < 4.78 is 3.22. The standard InChI is InChI=1S/C14H18N2S2/c1-9-4-3-5-12-13(9)15-14(17)16(12)10-6-7-11(8-10)18-2/h3-5,10-11H,6-8H2,1-2H3,(H,15,17). The molecular weight excluding hydrogens is 260 g/mol. The van der Waals surface area contributed by atoms with Crippen molar-refractivity contribution in [1.29, 1.82) is 0 Å². The molecule has 0 amide bonds. The van der Waals surface area contributed by atoms with E-state index in [1.807, 2.05) is 11.8 Å². The maximum Gasteiger partial charge on any atom is 0.178 e. The zero-order valence-corrected chi connectivity index (χ0v) is 12.4. The van der Waals surface area contributed by atoms with E-state index in [1.54, 1.807) is 0 Å². The van der Waals surface area contributed by atoms with Gasteiger partial charge in [0.25, 0.3) is 0 Å². The fraction of sp³-hybridized carbons (Fsp3) is 0.500. The van der Waals surface area contributed by atoms with Gasteiger partial charge in [0.2, 0.25) is 0 Å². The number of nitrogens with one attached hydrogen (secondary N) is 1. The van der Waals surface area contributed by atoms with Crippen LogP contribution in [0.15, 0.2) is 18.2 Å². The molecule has 0 radical (unpaired) electrons. The average Bonchev–Trinajstić information content (AvgIpc) is 2.93. The lowest BCUT2D eigenvalue weighted by Crippen LogP contribution is -2.06. The molecule has 0 aliphatic heterocycles. The second-order valence-electron chi connectivity index (χ2n) is 5.09. The smallest absolute Gasteiger partial charge is 0.178 e. The van der Waals surface area contributed by atoms with Crippen LogP contribution in [0.25, 0.3) is 11.0 Å². The van der Waals surface area contributed by atoms with Crippen molar-refractivity contribution in [2.45, 2.75) is 37.5 Å². The van der Waals surface area contributed by atoms with Crippen LogP contribution < -0.4 is 0 Å². The summed E-state index contributed by atoms with van der Waals surface area (Å²) in [5, 5.41) is 0.798. The Morgan fingerprint density at radius 1 is 1.39 bits per heavy atom. The van der Waals surface area contributed by atoms with Gasteiger partial charge in [-0.1, -0.05) is 12.1 Å². The van der Waals surface area contributed by atoms with Gasteiger partial charge in [0.05, 0.1) is 11.0 Å². The van der Waals surface area contributed by atoms with Crippen molar-refractivity contribution in [3.8, 4) is 0 Å². The molecule has 0 saturated heterocycles. The van der Waals surface area contributed by atoms with Gasteiger partial charge in [-0.15, -0.1) is 0 Å². The number of H-pyrrole nitrogens is 1. The van der Waals surface area contributed by atoms with Crippen molar-refractivity contribution in [2.75, 3.05) is 6.26 Å². The van der Waals surface area contributed by atoms with Gasteiger partial charge in [-0.3, -0.25) is 0 Å². The number of fused-ring (bicyclic) bond motifs is 1. The number of aryl methyl sites for hydroxylation is 1. The number of aromatic nitrogens is 2. The zero-order valence-electron chi connectivity index (χ0n) is 10.8. The molecule has 18 heavy (non-hydrogen) atoms. The van der Waals surface area contributed by atoms with Crippen LogP contribution in [0, 0.1) is 11.7 Å². The molecule has 2 nitrogen and oxygen atoms in total. The molecule has 1 fully saturated rings. The van der Waals surface area contributed by atoms with Crippen LogP contribution in [0.1, 0.15) is 30.9 Å². The van der Waals surface area contributed by atoms with Gasteiger partial charge in [-0.2, -0.15) is 11.8 Å². The number of hydrogen-bond acceptors (Lipinski definition) is 2. The Kier molecular flexibility index (Phi) is 3.24. The summed E-state index contributed by atoms with van der Waals surface area (Å²) in [6.45, 7) is 2.14. The Labute approximate surface area is 117 Å². The molecule has 4 heteroatoms. The molecular formula is C14H18N2S2. The lowest BCUT2D eigenvalue weighted by atomic mass is 10.2. The molecule has 1 saturated carbocycles. The van der Waals surface area contributed by atoms with Gasteiger partial charge >= 0.3 is 0 Å². The van der Waals surface area contributed by atoms with E-state index in [0.717, 1.165) is 10.0 Å². The topological polar surface area (TPSA) is 20.7 Å². The molecule has 1 aliphatic carbocycles. The Morgan fingerprint density at radius 3 is 2.94 bits per heavy atom. The number of hydrogen-bond donors (Lipinski definition) is 1. The molecule has 1 heterocycles. The number of aromatic amines is 1. The minimum absolute atomic E-state index is 0.575. The molecule has 96 valence electrons. The maximum absolute atomic E-state index is 5.52. The second kappa shape index (κ2) is 4.74. The Hall–Kier alpha value is -0.740. The Bertz CT molecular complexity index is 626. The average molecular weight is 278 g/mol. The highest BCUT2D eigenvalue weighted by Gasteiger charge is 2.26. The molecule has 2 aromatic rings. The van der Waals surface area contributed by atoms with Crippen molar-refractivity contribution in [2.24, 2.45) is 0 Å². The number of thioether (sulfide) groups is 1. The third kappa shape index (κ3) is 1.91. The fourth-order valence-corrected chi connectivity index (χ4v) is 4.16. The van der Waals surface area contributed by atoms with Crippen LogP contribution in [0.3, 0.4) is 0 Å². The monoisotopic (exact) mass is 278 g/mol. The SMILES string of the molecule is CSC1CCC(n2c(=S)[nH]c3c(C)cccc32)C1. The minimum Gasteiger partial charge on any atom is -0.330 e. The summed E-state index contributed by atoms with van der Waals surface area (Å²) in [6, 6.07) is 7.02. The van der Waals surface area contributed by atoms with E-state index in [2.05, 4.69) is 40.9 Å². The van der Waals surface area contributed by atoms with Gasteiger partial charge in [-0.05, 0) is 56.3 Å². The van der Waals surface area contributed by atoms with Gasteiger partial charge in [-0.25, -0.2) is 0 Å². The quantitative estimate of drug-likeness (QED) is 0.818. The first-order valence-corrected chi connectivity index (χ1v) is 8.13. The molecule has 3 rings (SSSR count). The van der Waals surface area contributed by atoms with Crippen molar-refractivity contribution < 1.29 is 0 Å². The van der Waals surface area contributed by atoms with E-state index >= 15 is 0 Å². The van der Waals surface area contributed by atoms with E-state index in [1.165, 1.54) is 35.9 Å². The summed E-state index contributed by atoms with van der Waals surface area (Å²) in [5.41, 5.74) is 3.75. The third-order valence-electron chi connectivity index (χ3n) is 4.02. The predicted octanol–water partition coefficient (Wildman–Crippen LogP) is 4.46. The summed E-state index contributed by atoms with van der Waals surface area (Å²) in [7, 11) is 0. The van der Waals surface area contributed by atoms with Crippen molar-refractivity contribution in [3.63, 3.8) is 0 Å². The van der Waals surface area contributed by atoms with E-state index in [9.17, 15) is 0 Å². The highest BCUT2D eigenvalue weighted by Crippen LogP contribution is 2.38. The number of imidazole rings is 1. The lowest BCUT2D eigenvalue weighted by molar-refractivity contribution is 0.527. The predicted molar refractivity (Wildman–Crippen MR) is 82.1 cm³/mol. The summed E-state index contributed by atoms with van der Waals surface area (Å²) >= 11 is 7.51. The van der Waals surface area contributed by atoms with Crippen LogP contribution in [0.2, 0.25) is 0 Å². The van der Waals surface area contributed by atoms with E-state index < -0.39 is 0 Å². The van der Waals surface area contributed by atoms with Crippen LogP contribution in [-0.4, -0.2) is 21.1 Å². The van der Waals surface area contributed by atoms with E-state index in [-0.39, 0.29) is 0 Å². The number of rotatable bonds is 2. The van der Waals surface area contributed by atoms with Crippen LogP contribution in [-0.2, 0) is 0 Å². The fourth-order valence-electron chi connectivity index (χ4n) is 3.02.